The fourth-order valence-electron chi connectivity index (χ4n) is 2.56. The Labute approximate surface area is 106 Å². The molecule has 1 heterocycles. The van der Waals surface area contributed by atoms with E-state index in [-0.39, 0.29) is 0 Å². The Morgan fingerprint density at radius 1 is 1.12 bits per heavy atom. The van der Waals surface area contributed by atoms with Crippen molar-refractivity contribution in [1.82, 2.24) is 5.32 Å². The average molecular weight is 244 g/mol. The van der Waals surface area contributed by atoms with Crippen LogP contribution in [0.25, 0.3) is 0 Å². The van der Waals surface area contributed by atoms with Crippen LogP contribution in [0.1, 0.15) is 28.3 Å². The summed E-state index contributed by atoms with van der Waals surface area (Å²) in [5.74, 6) is 0. The molecule has 2 aromatic carbocycles. The fourth-order valence-corrected chi connectivity index (χ4v) is 2.69. The lowest BCUT2D eigenvalue weighted by Gasteiger charge is -2.14. The molecular weight excluding hydrogens is 230 g/mol. The van der Waals surface area contributed by atoms with Crippen molar-refractivity contribution in [1.29, 1.82) is 0 Å². The molecule has 17 heavy (non-hydrogen) atoms. The van der Waals surface area contributed by atoms with Crippen molar-refractivity contribution in [3.63, 3.8) is 0 Å². The highest BCUT2D eigenvalue weighted by atomic mass is 35.5. The van der Waals surface area contributed by atoms with Gasteiger partial charge in [-0.2, -0.15) is 0 Å². The minimum Gasteiger partial charge on any atom is -0.302 e. The lowest BCUT2D eigenvalue weighted by Crippen LogP contribution is -2.13. The van der Waals surface area contributed by atoms with Gasteiger partial charge in [0, 0.05) is 11.6 Å². The van der Waals surface area contributed by atoms with Gasteiger partial charge in [0.05, 0.1) is 6.04 Å². The summed E-state index contributed by atoms with van der Waals surface area (Å²) in [7, 11) is 0. The van der Waals surface area contributed by atoms with Crippen molar-refractivity contribution < 1.29 is 0 Å². The van der Waals surface area contributed by atoms with Gasteiger partial charge in [-0.15, -0.1) is 0 Å². The van der Waals surface area contributed by atoms with Crippen molar-refractivity contribution in [3.8, 4) is 0 Å². The predicted octanol–water partition coefficient (Wildman–Crippen LogP) is 3.84. The van der Waals surface area contributed by atoms with E-state index in [1.54, 1.807) is 0 Å². The molecule has 86 valence electrons. The summed E-state index contributed by atoms with van der Waals surface area (Å²) in [5, 5.41) is 4.34. The number of nitrogens with one attached hydrogen (secondary N) is 1. The molecule has 2 heteroatoms. The smallest absolute Gasteiger partial charge is 0.0585 e. The highest BCUT2D eigenvalue weighted by Gasteiger charge is 2.24. The topological polar surface area (TPSA) is 12.0 Å². The Morgan fingerprint density at radius 3 is 2.65 bits per heavy atom. The summed E-state index contributed by atoms with van der Waals surface area (Å²) in [6, 6.07) is 14.9. The first kappa shape index (κ1) is 10.8. The Hall–Kier alpha value is -1.31. The van der Waals surface area contributed by atoms with Crippen LogP contribution in [0.3, 0.4) is 0 Å². The second kappa shape index (κ2) is 4.17. The van der Waals surface area contributed by atoms with Crippen LogP contribution in [-0.2, 0) is 6.54 Å². The van der Waals surface area contributed by atoms with Gasteiger partial charge in [-0.05, 0) is 41.3 Å². The number of hydrogen-bond donors (Lipinski definition) is 1. The molecule has 0 amide bonds. The van der Waals surface area contributed by atoms with Gasteiger partial charge in [-0.3, -0.25) is 0 Å². The number of benzene rings is 2. The number of fused-ring (bicyclic) bond motifs is 1. The average Bonchev–Trinajstić information content (AvgIpc) is 2.75. The molecule has 0 aliphatic carbocycles. The van der Waals surface area contributed by atoms with E-state index in [0.717, 1.165) is 11.6 Å². The molecule has 1 nitrogen and oxygen atoms in total. The van der Waals surface area contributed by atoms with E-state index in [9.17, 15) is 0 Å². The maximum atomic E-state index is 5.93. The van der Waals surface area contributed by atoms with Crippen molar-refractivity contribution in [3.05, 3.63) is 69.7 Å². The molecule has 0 spiro atoms. The summed E-state index contributed by atoms with van der Waals surface area (Å²) in [5.41, 5.74) is 5.47. The number of rotatable bonds is 1. The Balaban J connectivity index is 2.06. The zero-order chi connectivity index (χ0) is 11.8. The van der Waals surface area contributed by atoms with Crippen LogP contribution in [0.5, 0.6) is 0 Å². The van der Waals surface area contributed by atoms with Crippen LogP contribution in [0.4, 0.5) is 0 Å². The highest BCUT2D eigenvalue weighted by Crippen LogP contribution is 2.33. The van der Waals surface area contributed by atoms with Crippen LogP contribution < -0.4 is 5.32 Å². The molecule has 0 saturated heterocycles. The van der Waals surface area contributed by atoms with E-state index in [0.29, 0.717) is 6.04 Å². The van der Waals surface area contributed by atoms with Gasteiger partial charge in [0.15, 0.2) is 0 Å². The largest absolute Gasteiger partial charge is 0.302 e. The third kappa shape index (κ3) is 1.86. The molecule has 2 aromatic rings. The lowest BCUT2D eigenvalue weighted by atomic mass is 9.94. The monoisotopic (exact) mass is 243 g/mol. The molecule has 1 atom stereocenters. The van der Waals surface area contributed by atoms with Crippen LogP contribution in [0, 0.1) is 6.92 Å². The number of aryl methyl sites for hydroxylation is 1. The molecular formula is C15H14ClN. The highest BCUT2D eigenvalue weighted by molar-refractivity contribution is 6.30. The van der Waals surface area contributed by atoms with Crippen molar-refractivity contribution in [2.24, 2.45) is 0 Å². The molecule has 0 bridgehead atoms. The first-order valence-corrected chi connectivity index (χ1v) is 6.21. The van der Waals surface area contributed by atoms with Gasteiger partial charge >= 0.3 is 0 Å². The number of hydrogen-bond acceptors (Lipinski definition) is 1. The van der Waals surface area contributed by atoms with E-state index in [1.165, 1.54) is 22.3 Å². The zero-order valence-electron chi connectivity index (χ0n) is 9.70. The summed E-state index contributed by atoms with van der Waals surface area (Å²) < 4.78 is 0. The molecule has 1 aliphatic rings. The van der Waals surface area contributed by atoms with Crippen LogP contribution in [-0.4, -0.2) is 0 Å². The Kier molecular flexibility index (Phi) is 2.65. The maximum Gasteiger partial charge on any atom is 0.0585 e. The molecule has 3 rings (SSSR count). The van der Waals surface area contributed by atoms with Crippen LogP contribution >= 0.6 is 11.6 Å². The maximum absolute atomic E-state index is 5.93. The van der Waals surface area contributed by atoms with E-state index in [4.69, 9.17) is 11.6 Å². The molecule has 0 aromatic heterocycles. The van der Waals surface area contributed by atoms with Crippen LogP contribution in [0.15, 0.2) is 42.5 Å². The third-order valence-corrected chi connectivity index (χ3v) is 3.66. The van der Waals surface area contributed by atoms with E-state index < -0.39 is 0 Å². The second-order valence-corrected chi connectivity index (χ2v) is 4.95. The Bertz CT molecular complexity index is 545. The molecule has 1 unspecified atom stereocenters. The van der Waals surface area contributed by atoms with Crippen molar-refractivity contribution >= 4 is 11.6 Å². The SMILES string of the molecule is Cc1cccc2c1C(c1ccc(Cl)cc1)NC2. The molecule has 1 N–H and O–H groups in total. The van der Waals surface area contributed by atoms with Crippen molar-refractivity contribution in [2.75, 3.05) is 0 Å². The van der Waals surface area contributed by atoms with Gasteiger partial charge < -0.3 is 5.32 Å². The minimum atomic E-state index is 0.309. The first-order valence-electron chi connectivity index (χ1n) is 5.83. The van der Waals surface area contributed by atoms with E-state index in [2.05, 4.69) is 42.6 Å². The van der Waals surface area contributed by atoms with E-state index >= 15 is 0 Å². The van der Waals surface area contributed by atoms with Gasteiger partial charge in [0.25, 0.3) is 0 Å². The first-order chi connectivity index (χ1) is 8.25. The molecule has 1 aliphatic heterocycles. The van der Waals surface area contributed by atoms with Gasteiger partial charge in [0.2, 0.25) is 0 Å². The minimum absolute atomic E-state index is 0.309. The van der Waals surface area contributed by atoms with Gasteiger partial charge in [0.1, 0.15) is 0 Å². The predicted molar refractivity (Wildman–Crippen MR) is 71.3 cm³/mol. The Morgan fingerprint density at radius 2 is 1.88 bits per heavy atom. The summed E-state index contributed by atoms with van der Waals surface area (Å²) in [6.45, 7) is 3.12. The summed E-state index contributed by atoms with van der Waals surface area (Å²) in [6.07, 6.45) is 0. The fraction of sp³-hybridized carbons (Fsp3) is 0.200. The quantitative estimate of drug-likeness (QED) is 0.803. The standard InChI is InChI=1S/C15H14ClN/c1-10-3-2-4-12-9-17-15(14(10)12)11-5-7-13(16)8-6-11/h2-8,15,17H,9H2,1H3. The van der Waals surface area contributed by atoms with Crippen LogP contribution in [0.2, 0.25) is 5.02 Å². The lowest BCUT2D eigenvalue weighted by molar-refractivity contribution is 0.665. The van der Waals surface area contributed by atoms with E-state index in [1.807, 2.05) is 12.1 Å². The number of halogens is 1. The summed E-state index contributed by atoms with van der Waals surface area (Å²) in [4.78, 5) is 0. The zero-order valence-corrected chi connectivity index (χ0v) is 10.5. The third-order valence-electron chi connectivity index (χ3n) is 3.40. The summed E-state index contributed by atoms with van der Waals surface area (Å²) >= 11 is 5.93. The van der Waals surface area contributed by atoms with Crippen molar-refractivity contribution in [2.45, 2.75) is 19.5 Å². The second-order valence-electron chi connectivity index (χ2n) is 4.51. The molecule has 0 fully saturated rings. The normalized spacial score (nSPS) is 18.1. The van der Waals surface area contributed by atoms with Gasteiger partial charge in [-0.1, -0.05) is 41.9 Å². The van der Waals surface area contributed by atoms with Gasteiger partial charge in [-0.25, -0.2) is 0 Å². The molecule has 0 radical (unpaired) electrons. The molecule has 0 saturated carbocycles.